The van der Waals surface area contributed by atoms with Crippen LogP contribution in [0.2, 0.25) is 0 Å². The second-order valence-corrected chi connectivity index (χ2v) is 5.97. The van der Waals surface area contributed by atoms with E-state index in [9.17, 15) is 13.6 Å². The van der Waals surface area contributed by atoms with Gasteiger partial charge in [0.25, 0.3) is 0 Å². The van der Waals surface area contributed by atoms with Crippen LogP contribution >= 0.6 is 15.9 Å². The Hall–Kier alpha value is -2.55. The lowest BCUT2D eigenvalue weighted by molar-refractivity contribution is -0.0512. The second kappa shape index (κ2) is 7.77. The van der Waals surface area contributed by atoms with Gasteiger partial charge in [0.15, 0.2) is 23.0 Å². The molecule has 0 aliphatic carbocycles. The Morgan fingerprint density at radius 2 is 1.92 bits per heavy atom. The fourth-order valence-corrected chi connectivity index (χ4v) is 2.72. The molecule has 0 fully saturated rings. The first-order valence-corrected chi connectivity index (χ1v) is 8.15. The van der Waals surface area contributed by atoms with Gasteiger partial charge in [-0.05, 0) is 30.3 Å². The summed E-state index contributed by atoms with van der Waals surface area (Å²) in [5.74, 6) is 0.360. The van der Waals surface area contributed by atoms with Crippen molar-refractivity contribution in [2.75, 3.05) is 13.9 Å². The molecule has 1 aliphatic rings. The van der Waals surface area contributed by atoms with E-state index in [1.54, 1.807) is 12.1 Å². The summed E-state index contributed by atoms with van der Waals surface area (Å²) in [5.41, 5.74) is 0.826. The molecule has 0 aromatic heterocycles. The summed E-state index contributed by atoms with van der Waals surface area (Å²) in [5, 5.41) is 0. The minimum absolute atomic E-state index is 0.00371. The summed E-state index contributed by atoms with van der Waals surface area (Å²) < 4.78 is 50.5. The molecule has 0 saturated heterocycles. The molecule has 138 valence electrons. The minimum Gasteiger partial charge on any atom is -0.493 e. The largest absolute Gasteiger partial charge is 0.493 e. The van der Waals surface area contributed by atoms with Gasteiger partial charge in [-0.2, -0.15) is 8.78 Å². The van der Waals surface area contributed by atoms with Gasteiger partial charge >= 0.3 is 12.6 Å². The highest BCUT2D eigenvalue weighted by atomic mass is 79.9. The van der Waals surface area contributed by atoms with E-state index >= 15 is 0 Å². The van der Waals surface area contributed by atoms with Crippen LogP contribution in [0.25, 0.3) is 0 Å². The number of esters is 1. The summed E-state index contributed by atoms with van der Waals surface area (Å²) in [4.78, 5) is 12.2. The van der Waals surface area contributed by atoms with Crippen LogP contribution in [0.3, 0.4) is 0 Å². The maximum Gasteiger partial charge on any atom is 0.387 e. The van der Waals surface area contributed by atoms with Crippen LogP contribution in [0.4, 0.5) is 8.78 Å². The van der Waals surface area contributed by atoms with Gasteiger partial charge in [0, 0.05) is 10.0 Å². The first-order valence-electron chi connectivity index (χ1n) is 7.36. The van der Waals surface area contributed by atoms with Crippen LogP contribution < -0.4 is 18.9 Å². The lowest BCUT2D eigenvalue weighted by Crippen LogP contribution is -2.08. The fraction of sp³-hybridized carbons (Fsp3) is 0.235. The smallest absolute Gasteiger partial charge is 0.387 e. The van der Waals surface area contributed by atoms with Crippen LogP contribution in [0.5, 0.6) is 23.0 Å². The van der Waals surface area contributed by atoms with Crippen LogP contribution in [0.15, 0.2) is 34.8 Å². The summed E-state index contributed by atoms with van der Waals surface area (Å²) in [7, 11) is 1.28. The molecule has 9 heteroatoms. The molecule has 0 bridgehead atoms. The Bertz CT molecular complexity index is 827. The number of ether oxygens (including phenoxy) is 5. The Balaban J connectivity index is 1.70. The van der Waals surface area contributed by atoms with Crippen LogP contribution in [-0.2, 0) is 11.3 Å². The van der Waals surface area contributed by atoms with Gasteiger partial charge in [0.05, 0.1) is 12.7 Å². The second-order valence-electron chi connectivity index (χ2n) is 5.12. The predicted molar refractivity (Wildman–Crippen MR) is 89.0 cm³/mol. The van der Waals surface area contributed by atoms with Crippen LogP contribution in [-0.4, -0.2) is 26.5 Å². The predicted octanol–water partition coefficient (Wildman–Crippen LogP) is 4.14. The zero-order chi connectivity index (χ0) is 18.7. The number of carbonyl (C=O) groups excluding carboxylic acids is 1. The number of methoxy groups -OCH3 is 1. The molecule has 26 heavy (non-hydrogen) atoms. The Kier molecular flexibility index (Phi) is 5.46. The maximum absolute atomic E-state index is 12.3. The third-order valence-electron chi connectivity index (χ3n) is 3.52. The molecule has 6 nitrogen and oxygen atoms in total. The van der Waals surface area contributed by atoms with Gasteiger partial charge in [-0.1, -0.05) is 15.9 Å². The van der Waals surface area contributed by atoms with Gasteiger partial charge in [0.2, 0.25) is 6.79 Å². The Labute approximate surface area is 155 Å². The van der Waals surface area contributed by atoms with E-state index in [2.05, 4.69) is 20.7 Å². The quantitative estimate of drug-likeness (QED) is 0.641. The van der Waals surface area contributed by atoms with Crippen molar-refractivity contribution in [1.82, 2.24) is 0 Å². The van der Waals surface area contributed by atoms with Crippen molar-refractivity contribution in [2.24, 2.45) is 0 Å². The molecular formula is C17H13BrF2O6. The number of hydrogen-bond donors (Lipinski definition) is 0. The number of fused-ring (bicyclic) bond motifs is 1. The van der Waals surface area contributed by atoms with Crippen molar-refractivity contribution in [1.29, 1.82) is 0 Å². The lowest BCUT2D eigenvalue weighted by Gasteiger charge is -2.12. The van der Waals surface area contributed by atoms with Crippen molar-refractivity contribution in [3.8, 4) is 23.0 Å². The number of alkyl halides is 2. The molecule has 2 aromatic carbocycles. The zero-order valence-electron chi connectivity index (χ0n) is 13.5. The molecule has 3 rings (SSSR count). The van der Waals surface area contributed by atoms with Gasteiger partial charge < -0.3 is 23.7 Å². The fourth-order valence-electron chi connectivity index (χ4n) is 2.28. The van der Waals surface area contributed by atoms with Crippen LogP contribution in [0, 0.1) is 0 Å². The number of rotatable bonds is 6. The first-order chi connectivity index (χ1) is 12.5. The van der Waals surface area contributed by atoms with Crippen LogP contribution in [0.1, 0.15) is 15.9 Å². The van der Waals surface area contributed by atoms with E-state index in [1.165, 1.54) is 25.3 Å². The molecule has 0 unspecified atom stereocenters. The topological polar surface area (TPSA) is 63.2 Å². The molecule has 0 spiro atoms. The monoisotopic (exact) mass is 430 g/mol. The van der Waals surface area contributed by atoms with Gasteiger partial charge in [-0.3, -0.25) is 0 Å². The number of benzene rings is 2. The third-order valence-corrected chi connectivity index (χ3v) is 4.25. The van der Waals surface area contributed by atoms with E-state index < -0.39 is 12.6 Å². The Morgan fingerprint density at radius 3 is 2.62 bits per heavy atom. The molecule has 1 aliphatic heterocycles. The molecule has 0 N–H and O–H groups in total. The molecule has 0 radical (unpaired) electrons. The average Bonchev–Trinajstić information content (AvgIpc) is 3.06. The molecule has 2 aromatic rings. The van der Waals surface area contributed by atoms with Gasteiger partial charge in [-0.25, -0.2) is 4.79 Å². The van der Waals surface area contributed by atoms with Crippen molar-refractivity contribution in [2.45, 2.75) is 13.2 Å². The lowest BCUT2D eigenvalue weighted by atomic mass is 10.2. The van der Waals surface area contributed by atoms with E-state index in [0.29, 0.717) is 21.5 Å². The average molecular weight is 431 g/mol. The highest BCUT2D eigenvalue weighted by Gasteiger charge is 2.18. The Morgan fingerprint density at radius 1 is 1.19 bits per heavy atom. The van der Waals surface area contributed by atoms with E-state index in [0.717, 1.165) is 0 Å². The molecule has 0 amide bonds. The summed E-state index contributed by atoms with van der Waals surface area (Å²) >= 11 is 3.38. The van der Waals surface area contributed by atoms with E-state index in [-0.39, 0.29) is 30.5 Å². The van der Waals surface area contributed by atoms with E-state index in [4.69, 9.17) is 18.9 Å². The number of carbonyl (C=O) groups is 1. The summed E-state index contributed by atoms with van der Waals surface area (Å²) in [6.07, 6.45) is 0. The highest BCUT2D eigenvalue weighted by molar-refractivity contribution is 9.10. The van der Waals surface area contributed by atoms with E-state index in [1.807, 2.05) is 0 Å². The zero-order valence-corrected chi connectivity index (χ0v) is 15.0. The van der Waals surface area contributed by atoms with Gasteiger partial charge in [0.1, 0.15) is 6.61 Å². The summed E-state index contributed by atoms with van der Waals surface area (Å²) in [6, 6.07) is 7.24. The SMILES string of the molecule is COc1cc(C(=O)OCc2cc3c(cc2Br)OCO3)ccc1OC(F)F. The van der Waals surface area contributed by atoms with Crippen molar-refractivity contribution >= 4 is 21.9 Å². The number of hydrogen-bond acceptors (Lipinski definition) is 6. The summed E-state index contributed by atoms with van der Waals surface area (Å²) in [6.45, 7) is -2.88. The third kappa shape index (κ3) is 3.98. The molecule has 1 heterocycles. The minimum atomic E-state index is -3.00. The van der Waals surface area contributed by atoms with Crippen molar-refractivity contribution in [3.05, 3.63) is 45.9 Å². The normalized spacial score (nSPS) is 12.2. The maximum atomic E-state index is 12.3. The number of halogens is 3. The van der Waals surface area contributed by atoms with Gasteiger partial charge in [-0.15, -0.1) is 0 Å². The first kappa shape index (κ1) is 18.2. The van der Waals surface area contributed by atoms with Crippen molar-refractivity contribution < 1.29 is 37.3 Å². The molecular weight excluding hydrogens is 418 g/mol. The standard InChI is InChI=1S/C17H13BrF2O6/c1-22-13-4-9(2-3-12(13)26-17(19)20)16(21)23-7-10-5-14-15(6-11(10)18)25-8-24-14/h2-6,17H,7-8H2,1H3. The van der Waals surface area contributed by atoms with Crippen molar-refractivity contribution in [3.63, 3.8) is 0 Å². The highest BCUT2D eigenvalue weighted by Crippen LogP contribution is 2.37. The molecule has 0 saturated carbocycles. The molecule has 0 atom stereocenters.